The van der Waals surface area contributed by atoms with Gasteiger partial charge in [0.05, 0.1) is 11.7 Å². The van der Waals surface area contributed by atoms with Crippen LogP contribution in [-0.2, 0) is 13.0 Å². The lowest BCUT2D eigenvalue weighted by molar-refractivity contribution is 0.683. The molecule has 0 amide bonds. The molecule has 0 bridgehead atoms. The summed E-state index contributed by atoms with van der Waals surface area (Å²) in [6.07, 6.45) is 3.55. The van der Waals surface area contributed by atoms with Crippen LogP contribution in [-0.4, -0.2) is 16.5 Å². The second kappa shape index (κ2) is 3.43. The van der Waals surface area contributed by atoms with Crippen LogP contribution in [0.25, 0.3) is 10.2 Å². The molecule has 2 aromatic heterocycles. The van der Waals surface area contributed by atoms with E-state index in [1.165, 1.54) is 16.8 Å². The number of aromatic nitrogens is 2. The number of aromatic amines is 1. The third-order valence-corrected chi connectivity index (χ3v) is 3.88. The van der Waals surface area contributed by atoms with E-state index in [0.717, 1.165) is 36.1 Å². The molecule has 0 unspecified atom stereocenters. The van der Waals surface area contributed by atoms with Crippen molar-refractivity contribution in [3.8, 4) is 0 Å². The van der Waals surface area contributed by atoms with Crippen molar-refractivity contribution in [1.82, 2.24) is 15.3 Å². The standard InChI is InChI=1S/C10H11N3OS/c14-9-8-6-2-1-3-11-4-7(6)15-10(8)13-5-12-9/h5,11H,1-4H2,(H,12,13,14). The number of rotatable bonds is 0. The molecule has 0 saturated carbocycles. The first-order chi connectivity index (χ1) is 7.36. The van der Waals surface area contributed by atoms with Crippen molar-refractivity contribution in [1.29, 1.82) is 0 Å². The molecule has 1 aliphatic heterocycles. The van der Waals surface area contributed by atoms with Gasteiger partial charge in [0, 0.05) is 11.4 Å². The second-order valence-electron chi connectivity index (χ2n) is 3.70. The number of nitrogens with zero attached hydrogens (tertiary/aromatic N) is 1. The van der Waals surface area contributed by atoms with Crippen molar-refractivity contribution >= 4 is 21.6 Å². The van der Waals surface area contributed by atoms with Crippen LogP contribution >= 0.6 is 11.3 Å². The third-order valence-electron chi connectivity index (χ3n) is 2.74. The molecule has 0 atom stereocenters. The van der Waals surface area contributed by atoms with E-state index in [0.29, 0.717) is 0 Å². The van der Waals surface area contributed by atoms with Gasteiger partial charge in [-0.1, -0.05) is 0 Å². The van der Waals surface area contributed by atoms with Crippen LogP contribution in [0.4, 0.5) is 0 Å². The van der Waals surface area contributed by atoms with Gasteiger partial charge >= 0.3 is 0 Å². The Morgan fingerprint density at radius 1 is 1.47 bits per heavy atom. The molecule has 0 saturated heterocycles. The monoisotopic (exact) mass is 221 g/mol. The van der Waals surface area contributed by atoms with Gasteiger partial charge < -0.3 is 10.3 Å². The average molecular weight is 221 g/mol. The predicted molar refractivity (Wildman–Crippen MR) is 60.3 cm³/mol. The maximum Gasteiger partial charge on any atom is 0.259 e. The number of H-pyrrole nitrogens is 1. The first-order valence-corrected chi connectivity index (χ1v) is 5.86. The normalized spacial score (nSPS) is 16.3. The van der Waals surface area contributed by atoms with E-state index < -0.39 is 0 Å². The smallest absolute Gasteiger partial charge is 0.259 e. The first-order valence-electron chi connectivity index (χ1n) is 5.05. The molecule has 0 fully saturated rings. The topological polar surface area (TPSA) is 57.8 Å². The highest BCUT2D eigenvalue weighted by Crippen LogP contribution is 2.29. The fourth-order valence-corrected chi connectivity index (χ4v) is 3.20. The number of hydrogen-bond donors (Lipinski definition) is 2. The van der Waals surface area contributed by atoms with Crippen LogP contribution in [0, 0.1) is 0 Å². The molecule has 1 aliphatic rings. The minimum absolute atomic E-state index is 0.000556. The van der Waals surface area contributed by atoms with Crippen LogP contribution < -0.4 is 10.9 Å². The second-order valence-corrected chi connectivity index (χ2v) is 4.78. The van der Waals surface area contributed by atoms with Gasteiger partial charge in [-0.15, -0.1) is 11.3 Å². The van der Waals surface area contributed by atoms with E-state index in [9.17, 15) is 4.79 Å². The third kappa shape index (κ3) is 1.39. The molecule has 0 spiro atoms. The molecule has 3 rings (SSSR count). The summed E-state index contributed by atoms with van der Waals surface area (Å²) in [5, 5.41) is 4.16. The molecule has 3 heterocycles. The molecule has 78 valence electrons. The molecule has 5 heteroatoms. The fourth-order valence-electron chi connectivity index (χ4n) is 2.04. The van der Waals surface area contributed by atoms with Crippen molar-refractivity contribution in [3.63, 3.8) is 0 Å². The number of nitrogens with one attached hydrogen (secondary N) is 2. The molecule has 2 N–H and O–H groups in total. The van der Waals surface area contributed by atoms with Crippen LogP contribution in [0.5, 0.6) is 0 Å². The molecule has 0 aromatic carbocycles. The van der Waals surface area contributed by atoms with Crippen LogP contribution in [0.15, 0.2) is 11.1 Å². The molecule has 15 heavy (non-hydrogen) atoms. The van der Waals surface area contributed by atoms with Gasteiger partial charge in [-0.05, 0) is 24.9 Å². The Morgan fingerprint density at radius 2 is 2.40 bits per heavy atom. The highest BCUT2D eigenvalue weighted by atomic mass is 32.1. The highest BCUT2D eigenvalue weighted by molar-refractivity contribution is 7.18. The van der Waals surface area contributed by atoms with E-state index in [2.05, 4.69) is 15.3 Å². The van der Waals surface area contributed by atoms with Crippen molar-refractivity contribution in [2.45, 2.75) is 19.4 Å². The van der Waals surface area contributed by atoms with Gasteiger partial charge in [0.2, 0.25) is 0 Å². The lowest BCUT2D eigenvalue weighted by atomic mass is 10.1. The van der Waals surface area contributed by atoms with Gasteiger partial charge in [-0.3, -0.25) is 4.79 Å². The lowest BCUT2D eigenvalue weighted by Crippen LogP contribution is -2.11. The molecule has 2 aromatic rings. The number of fused-ring (bicyclic) bond motifs is 3. The maximum atomic E-state index is 11.7. The Morgan fingerprint density at radius 3 is 3.33 bits per heavy atom. The van der Waals surface area contributed by atoms with Crippen molar-refractivity contribution < 1.29 is 0 Å². The summed E-state index contributed by atoms with van der Waals surface area (Å²) in [4.78, 5) is 20.7. The quantitative estimate of drug-likeness (QED) is 0.698. The van der Waals surface area contributed by atoms with E-state index in [1.807, 2.05) is 0 Å². The molecular weight excluding hydrogens is 210 g/mol. The first kappa shape index (κ1) is 9.06. The minimum atomic E-state index is -0.000556. The number of aryl methyl sites for hydroxylation is 1. The Hall–Kier alpha value is -1.20. The SMILES string of the molecule is O=c1[nH]cnc2sc3c(c12)CCCNC3. The maximum absolute atomic E-state index is 11.7. The van der Waals surface area contributed by atoms with E-state index in [-0.39, 0.29) is 5.56 Å². The molecule has 0 radical (unpaired) electrons. The largest absolute Gasteiger partial charge is 0.313 e. The summed E-state index contributed by atoms with van der Waals surface area (Å²) in [5.74, 6) is 0. The molecule has 0 aliphatic carbocycles. The summed E-state index contributed by atoms with van der Waals surface area (Å²) in [5.41, 5.74) is 1.20. The van der Waals surface area contributed by atoms with Gasteiger partial charge in [-0.2, -0.15) is 0 Å². The van der Waals surface area contributed by atoms with Crippen LogP contribution in [0.3, 0.4) is 0 Å². The average Bonchev–Trinajstić information content (AvgIpc) is 2.43. The summed E-state index contributed by atoms with van der Waals surface area (Å²) in [6, 6.07) is 0. The summed E-state index contributed by atoms with van der Waals surface area (Å²) in [7, 11) is 0. The lowest BCUT2D eigenvalue weighted by Gasteiger charge is -1.95. The fraction of sp³-hybridized carbons (Fsp3) is 0.400. The van der Waals surface area contributed by atoms with E-state index >= 15 is 0 Å². The molecule has 4 nitrogen and oxygen atoms in total. The van der Waals surface area contributed by atoms with Crippen molar-refractivity contribution in [2.24, 2.45) is 0 Å². The minimum Gasteiger partial charge on any atom is -0.313 e. The van der Waals surface area contributed by atoms with Gasteiger partial charge in [0.1, 0.15) is 4.83 Å². The highest BCUT2D eigenvalue weighted by Gasteiger charge is 2.17. The zero-order chi connectivity index (χ0) is 10.3. The van der Waals surface area contributed by atoms with Crippen molar-refractivity contribution in [2.75, 3.05) is 6.54 Å². The zero-order valence-corrected chi connectivity index (χ0v) is 8.99. The van der Waals surface area contributed by atoms with Gasteiger partial charge in [-0.25, -0.2) is 4.98 Å². The van der Waals surface area contributed by atoms with E-state index in [1.54, 1.807) is 11.3 Å². The number of thiophene rings is 1. The van der Waals surface area contributed by atoms with Crippen molar-refractivity contribution in [3.05, 3.63) is 27.1 Å². The van der Waals surface area contributed by atoms with Gasteiger partial charge in [0.25, 0.3) is 5.56 Å². The molecular formula is C10H11N3OS. The summed E-state index contributed by atoms with van der Waals surface area (Å²) >= 11 is 1.63. The predicted octanol–water partition coefficient (Wildman–Crippen LogP) is 1.02. The summed E-state index contributed by atoms with van der Waals surface area (Å²) in [6.45, 7) is 1.90. The Kier molecular flexibility index (Phi) is 2.07. The summed E-state index contributed by atoms with van der Waals surface area (Å²) < 4.78 is 0. The zero-order valence-electron chi connectivity index (χ0n) is 8.17. The van der Waals surface area contributed by atoms with Crippen LogP contribution in [0.1, 0.15) is 16.9 Å². The number of hydrogen-bond acceptors (Lipinski definition) is 4. The van der Waals surface area contributed by atoms with E-state index in [4.69, 9.17) is 0 Å². The van der Waals surface area contributed by atoms with Crippen LogP contribution in [0.2, 0.25) is 0 Å². The Bertz CT molecular complexity index is 557. The Labute approximate surface area is 90.4 Å². The Balaban J connectivity index is 2.34. The van der Waals surface area contributed by atoms with Gasteiger partial charge in [0.15, 0.2) is 0 Å².